The number of rotatable bonds is 3. The van der Waals surface area contributed by atoms with Crippen LogP contribution in [-0.2, 0) is 5.92 Å². The first-order chi connectivity index (χ1) is 8.86. The van der Waals surface area contributed by atoms with Crippen molar-refractivity contribution in [3.8, 4) is 0 Å². The smallest absolute Gasteiger partial charge is 0.303 e. The van der Waals surface area contributed by atoms with Gasteiger partial charge in [-0.15, -0.1) is 0 Å². The molecule has 0 amide bonds. The molecule has 4 nitrogen and oxygen atoms in total. The molecule has 0 aliphatic heterocycles. The Hall–Kier alpha value is -1.09. The van der Waals surface area contributed by atoms with Gasteiger partial charge in [-0.2, -0.15) is 8.78 Å². The molecule has 2 heterocycles. The van der Waals surface area contributed by atoms with E-state index in [9.17, 15) is 8.78 Å². The van der Waals surface area contributed by atoms with E-state index >= 15 is 0 Å². The summed E-state index contributed by atoms with van der Waals surface area (Å²) in [7, 11) is 0. The van der Waals surface area contributed by atoms with Crippen LogP contribution < -0.4 is 5.32 Å². The normalized spacial score (nSPS) is 11.4. The highest BCUT2D eigenvalue weighted by molar-refractivity contribution is 14.1. The summed E-state index contributed by atoms with van der Waals surface area (Å²) < 4.78 is 27.1. The Bertz CT molecular complexity index is 603. The summed E-state index contributed by atoms with van der Waals surface area (Å²) in [6, 6.07) is 3.09. The lowest BCUT2D eigenvalue weighted by Gasteiger charge is -2.11. The number of halogens is 4. The minimum absolute atomic E-state index is 0.270. The number of hydrogen-bond acceptors (Lipinski definition) is 4. The summed E-state index contributed by atoms with van der Waals surface area (Å²) in [5.74, 6) is -3.35. The molecule has 0 bridgehead atoms. The third kappa shape index (κ3) is 3.69. The second-order valence-electron chi connectivity index (χ2n) is 3.77. The van der Waals surface area contributed by atoms with Gasteiger partial charge in [0.25, 0.3) is 0 Å². The molecular formula is C11H8ClF2IN4. The number of nitrogens with zero attached hydrogens (tertiary/aromatic N) is 3. The van der Waals surface area contributed by atoms with Crippen LogP contribution in [0.15, 0.2) is 24.5 Å². The molecule has 0 aliphatic carbocycles. The summed E-state index contributed by atoms with van der Waals surface area (Å²) >= 11 is 7.83. The van der Waals surface area contributed by atoms with Gasteiger partial charge in [0, 0.05) is 25.4 Å². The number of pyridine rings is 1. The molecule has 0 atom stereocenters. The quantitative estimate of drug-likeness (QED) is 0.630. The third-order valence-corrected chi connectivity index (χ3v) is 3.20. The van der Waals surface area contributed by atoms with E-state index in [1.807, 2.05) is 0 Å². The average molecular weight is 397 g/mol. The minimum atomic E-state index is -3.08. The Kier molecular flexibility index (Phi) is 4.14. The minimum Gasteiger partial charge on any atom is -0.339 e. The van der Waals surface area contributed by atoms with E-state index in [0.29, 0.717) is 10.8 Å². The van der Waals surface area contributed by atoms with Crippen LogP contribution in [0.4, 0.5) is 20.3 Å². The lowest BCUT2D eigenvalue weighted by Crippen LogP contribution is -2.13. The van der Waals surface area contributed by atoms with Crippen molar-refractivity contribution in [1.82, 2.24) is 15.0 Å². The molecule has 2 rings (SSSR count). The van der Waals surface area contributed by atoms with Crippen LogP contribution in [0, 0.1) is 3.57 Å². The summed E-state index contributed by atoms with van der Waals surface area (Å²) in [4.78, 5) is 11.2. The molecule has 8 heteroatoms. The van der Waals surface area contributed by atoms with Gasteiger partial charge in [0.1, 0.15) is 11.0 Å². The first kappa shape index (κ1) is 14.3. The molecule has 0 saturated carbocycles. The fourth-order valence-corrected chi connectivity index (χ4v) is 1.87. The van der Waals surface area contributed by atoms with Gasteiger partial charge in [-0.1, -0.05) is 11.6 Å². The van der Waals surface area contributed by atoms with Crippen molar-refractivity contribution in [3.05, 3.63) is 39.1 Å². The monoisotopic (exact) mass is 396 g/mol. The zero-order chi connectivity index (χ0) is 14.0. The van der Waals surface area contributed by atoms with Crippen LogP contribution in [0.3, 0.4) is 0 Å². The van der Waals surface area contributed by atoms with E-state index in [2.05, 4.69) is 42.9 Å². The number of hydrogen-bond donors (Lipinski definition) is 1. The van der Waals surface area contributed by atoms with Gasteiger partial charge >= 0.3 is 5.92 Å². The van der Waals surface area contributed by atoms with Gasteiger partial charge in [-0.05, 0) is 28.7 Å². The second kappa shape index (κ2) is 5.49. The predicted octanol–water partition coefficient (Wildman–Crippen LogP) is 3.98. The Labute approximate surface area is 126 Å². The molecule has 0 radical (unpaired) electrons. The van der Waals surface area contributed by atoms with Crippen LogP contribution in [-0.4, -0.2) is 15.0 Å². The maximum Gasteiger partial charge on any atom is 0.303 e. The topological polar surface area (TPSA) is 50.7 Å². The number of anilines is 2. The maximum absolute atomic E-state index is 13.1. The standard InChI is InChI=1S/C11H8ClF2IN4/c1-11(13,14)10-16-3-2-9(19-10)18-7-4-8(12)17-5-6(7)15/h2-5H,1H3,(H,16,17,18,19). The van der Waals surface area contributed by atoms with Crippen LogP contribution in [0.1, 0.15) is 12.7 Å². The zero-order valence-electron chi connectivity index (χ0n) is 9.66. The third-order valence-electron chi connectivity index (χ3n) is 2.13. The lowest BCUT2D eigenvalue weighted by molar-refractivity contribution is 0.00783. The predicted molar refractivity (Wildman–Crippen MR) is 76.8 cm³/mol. The second-order valence-corrected chi connectivity index (χ2v) is 5.32. The summed E-state index contributed by atoms with van der Waals surface area (Å²) in [5.41, 5.74) is 0.643. The number of aromatic nitrogens is 3. The number of nitrogens with one attached hydrogen (secondary N) is 1. The highest BCUT2D eigenvalue weighted by atomic mass is 127. The van der Waals surface area contributed by atoms with E-state index < -0.39 is 11.7 Å². The molecule has 0 aliphatic rings. The van der Waals surface area contributed by atoms with Crippen molar-refractivity contribution >= 4 is 45.7 Å². The van der Waals surface area contributed by atoms with Crippen LogP contribution in [0.2, 0.25) is 5.15 Å². The summed E-state index contributed by atoms with van der Waals surface area (Å²) in [5, 5.41) is 3.21. The molecule has 100 valence electrons. The van der Waals surface area contributed by atoms with Gasteiger partial charge in [0.15, 0.2) is 0 Å². The highest BCUT2D eigenvalue weighted by Crippen LogP contribution is 2.26. The molecule has 0 fully saturated rings. The molecule has 2 aromatic heterocycles. The largest absolute Gasteiger partial charge is 0.339 e. The molecule has 0 aromatic carbocycles. The Balaban J connectivity index is 2.31. The van der Waals surface area contributed by atoms with Gasteiger partial charge in [-0.3, -0.25) is 0 Å². The Morgan fingerprint density at radius 1 is 1.37 bits per heavy atom. The van der Waals surface area contributed by atoms with Crippen LogP contribution in [0.5, 0.6) is 0 Å². The van der Waals surface area contributed by atoms with E-state index in [1.54, 1.807) is 12.3 Å². The van der Waals surface area contributed by atoms with Gasteiger partial charge in [0.05, 0.1) is 9.26 Å². The average Bonchev–Trinajstić information content (AvgIpc) is 2.33. The molecule has 19 heavy (non-hydrogen) atoms. The number of alkyl halides is 2. The zero-order valence-corrected chi connectivity index (χ0v) is 12.6. The van der Waals surface area contributed by atoms with Crippen molar-refractivity contribution in [2.24, 2.45) is 0 Å². The fraction of sp³-hybridized carbons (Fsp3) is 0.182. The van der Waals surface area contributed by atoms with Crippen molar-refractivity contribution in [2.75, 3.05) is 5.32 Å². The molecule has 2 aromatic rings. The SMILES string of the molecule is CC(F)(F)c1nccc(Nc2cc(Cl)ncc2I)n1. The maximum atomic E-state index is 13.1. The Morgan fingerprint density at radius 2 is 2.11 bits per heavy atom. The van der Waals surface area contributed by atoms with Crippen LogP contribution >= 0.6 is 34.2 Å². The van der Waals surface area contributed by atoms with Crippen molar-refractivity contribution in [1.29, 1.82) is 0 Å². The van der Waals surface area contributed by atoms with E-state index in [0.717, 1.165) is 10.5 Å². The van der Waals surface area contributed by atoms with Gasteiger partial charge < -0.3 is 5.32 Å². The first-order valence-electron chi connectivity index (χ1n) is 5.15. The van der Waals surface area contributed by atoms with Crippen LogP contribution in [0.25, 0.3) is 0 Å². The molecular weight excluding hydrogens is 389 g/mol. The van der Waals surface area contributed by atoms with Crippen molar-refractivity contribution in [2.45, 2.75) is 12.8 Å². The summed E-state index contributed by atoms with van der Waals surface area (Å²) in [6.45, 7) is 0.749. The molecule has 0 unspecified atom stereocenters. The molecule has 0 saturated heterocycles. The lowest BCUT2D eigenvalue weighted by atomic mass is 10.3. The van der Waals surface area contributed by atoms with E-state index in [1.165, 1.54) is 12.3 Å². The first-order valence-corrected chi connectivity index (χ1v) is 6.61. The van der Waals surface area contributed by atoms with E-state index in [-0.39, 0.29) is 5.82 Å². The van der Waals surface area contributed by atoms with E-state index in [4.69, 9.17) is 11.6 Å². The van der Waals surface area contributed by atoms with Gasteiger partial charge in [-0.25, -0.2) is 15.0 Å². The molecule has 0 spiro atoms. The van der Waals surface area contributed by atoms with Crippen molar-refractivity contribution < 1.29 is 8.78 Å². The fourth-order valence-electron chi connectivity index (χ4n) is 1.29. The van der Waals surface area contributed by atoms with Crippen molar-refractivity contribution in [3.63, 3.8) is 0 Å². The molecule has 1 N–H and O–H groups in total. The summed E-state index contributed by atoms with van der Waals surface area (Å²) in [6.07, 6.45) is 2.85. The highest BCUT2D eigenvalue weighted by Gasteiger charge is 2.28. The van der Waals surface area contributed by atoms with Gasteiger partial charge in [0.2, 0.25) is 5.82 Å². The Morgan fingerprint density at radius 3 is 2.79 bits per heavy atom.